The molecule has 8 heteroatoms. The molecule has 0 radical (unpaired) electrons. The number of amides is 1. The third-order valence-corrected chi connectivity index (χ3v) is 5.64. The summed E-state index contributed by atoms with van der Waals surface area (Å²) >= 11 is 0. The summed E-state index contributed by atoms with van der Waals surface area (Å²) in [7, 11) is 0. The van der Waals surface area contributed by atoms with Gasteiger partial charge in [-0.3, -0.25) is 4.79 Å². The number of imidazole rings is 1. The number of aromatic nitrogens is 3. The molecule has 3 heterocycles. The minimum Gasteiger partial charge on any atom is -0.330 e. The van der Waals surface area contributed by atoms with Crippen LogP contribution in [0.1, 0.15) is 50.7 Å². The number of piperazine rings is 1. The van der Waals surface area contributed by atoms with E-state index in [4.69, 9.17) is 4.98 Å². The van der Waals surface area contributed by atoms with Crippen LogP contribution >= 0.6 is 12.4 Å². The highest BCUT2D eigenvalue weighted by Gasteiger charge is 2.35. The number of nitrogens with one attached hydrogen (secondary N) is 1. The fourth-order valence-electron chi connectivity index (χ4n) is 3.89. The quantitative estimate of drug-likeness (QED) is 0.645. The number of rotatable bonds is 2. The number of carbonyl (C=O) groups excluding carboxylic acids is 1. The van der Waals surface area contributed by atoms with Crippen molar-refractivity contribution in [2.24, 2.45) is 0 Å². The van der Waals surface area contributed by atoms with Gasteiger partial charge in [-0.25, -0.2) is 13.9 Å². The SMILES string of the molecule is CC(C)(C)c1cc(-c2ccc(F)cc2)nn2cc(C(=O)N3CCNCC3(C)C)nc12.Cl. The maximum atomic E-state index is 13.4. The fourth-order valence-corrected chi connectivity index (χ4v) is 3.89. The second-order valence-electron chi connectivity index (χ2n) is 9.54. The van der Waals surface area contributed by atoms with Gasteiger partial charge in [-0.1, -0.05) is 20.8 Å². The monoisotopic (exact) mass is 445 g/mol. The molecule has 166 valence electrons. The molecule has 6 nitrogen and oxygen atoms in total. The van der Waals surface area contributed by atoms with Gasteiger partial charge < -0.3 is 10.2 Å². The molecule has 1 fully saturated rings. The van der Waals surface area contributed by atoms with E-state index in [1.54, 1.807) is 22.8 Å². The van der Waals surface area contributed by atoms with E-state index in [0.29, 0.717) is 23.6 Å². The third-order valence-electron chi connectivity index (χ3n) is 5.64. The van der Waals surface area contributed by atoms with Crippen molar-refractivity contribution in [3.63, 3.8) is 0 Å². The zero-order valence-corrected chi connectivity index (χ0v) is 19.4. The van der Waals surface area contributed by atoms with Crippen LogP contribution in [0, 0.1) is 5.82 Å². The molecule has 4 rings (SSSR count). The van der Waals surface area contributed by atoms with Crippen LogP contribution in [-0.4, -0.2) is 50.6 Å². The highest BCUT2D eigenvalue weighted by atomic mass is 35.5. The standard InChI is InChI=1S/C23H28FN5O.ClH/c1-22(2,3)17-12-18(15-6-8-16(24)9-7-15)27-29-13-19(26-20(17)29)21(30)28-11-10-25-14-23(28,4)5;/h6-9,12-13,25H,10-11,14H2,1-5H3;1H. The molecule has 0 saturated carbocycles. The largest absolute Gasteiger partial charge is 0.330 e. The van der Waals surface area contributed by atoms with Gasteiger partial charge in [-0.2, -0.15) is 5.10 Å². The van der Waals surface area contributed by atoms with Crippen LogP contribution in [0.15, 0.2) is 36.5 Å². The van der Waals surface area contributed by atoms with Gasteiger partial charge in [0.05, 0.1) is 17.4 Å². The zero-order chi connectivity index (χ0) is 21.7. The first kappa shape index (κ1) is 23.2. The van der Waals surface area contributed by atoms with Crippen LogP contribution in [0.25, 0.3) is 16.9 Å². The predicted molar refractivity (Wildman–Crippen MR) is 122 cm³/mol. The molecular weight excluding hydrogens is 417 g/mol. The van der Waals surface area contributed by atoms with Crippen LogP contribution in [0.2, 0.25) is 0 Å². The van der Waals surface area contributed by atoms with Gasteiger partial charge in [0.25, 0.3) is 5.91 Å². The summed E-state index contributed by atoms with van der Waals surface area (Å²) in [6.07, 6.45) is 1.71. The topological polar surface area (TPSA) is 62.5 Å². The van der Waals surface area contributed by atoms with E-state index in [9.17, 15) is 9.18 Å². The molecule has 1 aliphatic heterocycles. The van der Waals surface area contributed by atoms with Crippen molar-refractivity contribution >= 4 is 24.0 Å². The Morgan fingerprint density at radius 1 is 1.19 bits per heavy atom. The molecule has 1 saturated heterocycles. The Kier molecular flexibility index (Phi) is 6.13. The number of halogens is 2. The molecule has 2 aromatic heterocycles. The van der Waals surface area contributed by atoms with Crippen molar-refractivity contribution in [1.82, 2.24) is 24.8 Å². The first-order valence-corrected chi connectivity index (χ1v) is 10.3. The Hall–Kier alpha value is -2.51. The number of fused-ring (bicyclic) bond motifs is 1. The van der Waals surface area contributed by atoms with E-state index < -0.39 is 0 Å². The van der Waals surface area contributed by atoms with Crippen LogP contribution < -0.4 is 5.32 Å². The number of nitrogens with zero attached hydrogens (tertiary/aromatic N) is 4. The van der Waals surface area contributed by atoms with Crippen LogP contribution in [0.5, 0.6) is 0 Å². The van der Waals surface area contributed by atoms with E-state index in [0.717, 1.165) is 24.2 Å². The highest BCUT2D eigenvalue weighted by molar-refractivity contribution is 5.93. The van der Waals surface area contributed by atoms with Crippen molar-refractivity contribution in [2.45, 2.75) is 45.6 Å². The molecule has 0 unspecified atom stereocenters. The molecule has 1 aliphatic rings. The number of benzene rings is 1. The normalized spacial score (nSPS) is 16.3. The summed E-state index contributed by atoms with van der Waals surface area (Å²) in [5.41, 5.74) is 3.07. The molecule has 0 bridgehead atoms. The molecule has 3 aromatic rings. The Balaban J connectivity index is 0.00000272. The molecule has 1 amide bonds. The van der Waals surface area contributed by atoms with Gasteiger partial charge >= 0.3 is 0 Å². The van der Waals surface area contributed by atoms with Crippen molar-refractivity contribution in [1.29, 1.82) is 0 Å². The summed E-state index contributed by atoms with van der Waals surface area (Å²) in [6.45, 7) is 12.6. The minimum atomic E-state index is -0.287. The second-order valence-corrected chi connectivity index (χ2v) is 9.54. The molecule has 31 heavy (non-hydrogen) atoms. The Bertz CT molecular complexity index is 1100. The lowest BCUT2D eigenvalue weighted by Crippen LogP contribution is -2.59. The summed E-state index contributed by atoms with van der Waals surface area (Å²) in [6, 6.07) is 8.25. The van der Waals surface area contributed by atoms with Crippen molar-refractivity contribution in [3.8, 4) is 11.3 Å². The van der Waals surface area contributed by atoms with Crippen LogP contribution in [0.4, 0.5) is 4.39 Å². The molecular formula is C23H29ClFN5O. The summed E-state index contributed by atoms with van der Waals surface area (Å²) in [4.78, 5) is 19.9. The van der Waals surface area contributed by atoms with Gasteiger partial charge in [0.1, 0.15) is 11.5 Å². The first-order chi connectivity index (χ1) is 14.1. The summed E-state index contributed by atoms with van der Waals surface area (Å²) in [5, 5.41) is 8.02. The first-order valence-electron chi connectivity index (χ1n) is 10.3. The maximum Gasteiger partial charge on any atom is 0.274 e. The Morgan fingerprint density at radius 3 is 2.48 bits per heavy atom. The van der Waals surface area contributed by atoms with Gasteiger partial charge in [0.15, 0.2) is 5.65 Å². The summed E-state index contributed by atoms with van der Waals surface area (Å²) < 4.78 is 15.1. The van der Waals surface area contributed by atoms with Crippen molar-refractivity contribution in [2.75, 3.05) is 19.6 Å². The third kappa shape index (κ3) is 4.43. The minimum absolute atomic E-state index is 0. The molecule has 1 aromatic carbocycles. The lowest BCUT2D eigenvalue weighted by Gasteiger charge is -2.42. The number of hydrogen-bond donors (Lipinski definition) is 1. The van der Waals surface area contributed by atoms with Crippen molar-refractivity contribution < 1.29 is 9.18 Å². The maximum absolute atomic E-state index is 13.4. The smallest absolute Gasteiger partial charge is 0.274 e. The summed E-state index contributed by atoms with van der Waals surface area (Å²) in [5.74, 6) is -0.375. The molecule has 0 spiro atoms. The van der Waals surface area contributed by atoms with Crippen molar-refractivity contribution in [3.05, 3.63) is 53.6 Å². The van der Waals surface area contributed by atoms with E-state index >= 15 is 0 Å². The zero-order valence-electron chi connectivity index (χ0n) is 18.6. The average Bonchev–Trinajstić information content (AvgIpc) is 3.10. The van der Waals surface area contributed by atoms with E-state index in [-0.39, 0.29) is 35.1 Å². The lowest BCUT2D eigenvalue weighted by atomic mass is 9.87. The Morgan fingerprint density at radius 2 is 1.87 bits per heavy atom. The number of carbonyl (C=O) groups is 1. The molecule has 0 aliphatic carbocycles. The van der Waals surface area contributed by atoms with E-state index in [1.807, 2.05) is 11.0 Å². The van der Waals surface area contributed by atoms with Crippen LogP contribution in [0.3, 0.4) is 0 Å². The fraction of sp³-hybridized carbons (Fsp3) is 0.435. The average molecular weight is 446 g/mol. The van der Waals surface area contributed by atoms with E-state index in [2.05, 4.69) is 45.0 Å². The lowest BCUT2D eigenvalue weighted by molar-refractivity contribution is 0.0472. The number of hydrogen-bond acceptors (Lipinski definition) is 4. The van der Waals surface area contributed by atoms with E-state index in [1.165, 1.54) is 12.1 Å². The molecule has 0 atom stereocenters. The van der Waals surface area contributed by atoms with Gasteiger partial charge in [0.2, 0.25) is 0 Å². The molecule has 1 N–H and O–H groups in total. The van der Waals surface area contributed by atoms with Gasteiger partial charge in [0, 0.05) is 30.8 Å². The second kappa shape index (κ2) is 8.20. The Labute approximate surface area is 188 Å². The predicted octanol–water partition coefficient (Wildman–Crippen LogP) is 4.08. The van der Waals surface area contributed by atoms with Gasteiger partial charge in [-0.05, 0) is 49.6 Å². The van der Waals surface area contributed by atoms with Gasteiger partial charge in [-0.15, -0.1) is 12.4 Å². The van der Waals surface area contributed by atoms with Crippen LogP contribution in [-0.2, 0) is 5.41 Å². The highest BCUT2D eigenvalue weighted by Crippen LogP contribution is 2.30.